The van der Waals surface area contributed by atoms with E-state index in [9.17, 15) is 0 Å². The van der Waals surface area contributed by atoms with Crippen LogP contribution >= 0.6 is 0 Å². The molecule has 0 fully saturated rings. The third-order valence-electron chi connectivity index (χ3n) is 4.27. The lowest BCUT2D eigenvalue weighted by Gasteiger charge is -2.03. The first-order valence-corrected chi connectivity index (χ1v) is 7.30. The minimum atomic E-state index is 0.607. The molecular weight excluding hydrogens is 216 g/mol. The van der Waals surface area contributed by atoms with Crippen LogP contribution in [0, 0.1) is 0 Å². The average molecular weight is 238 g/mol. The van der Waals surface area contributed by atoms with Gasteiger partial charge in [0.25, 0.3) is 0 Å². The highest BCUT2D eigenvalue weighted by molar-refractivity contribution is 5.74. The van der Waals surface area contributed by atoms with Crippen LogP contribution in [-0.2, 0) is 12.8 Å². The second-order valence-electron chi connectivity index (χ2n) is 5.90. The minimum Gasteiger partial charge on any atom is -0.0614 e. The van der Waals surface area contributed by atoms with Gasteiger partial charge in [-0.05, 0) is 59.4 Å². The van der Waals surface area contributed by atoms with Crippen LogP contribution in [0.4, 0.5) is 0 Å². The normalized spacial score (nSPS) is 15.7. The van der Waals surface area contributed by atoms with E-state index in [0.29, 0.717) is 5.92 Å². The molecule has 0 unspecified atom stereocenters. The number of aryl methyl sites for hydroxylation is 1. The van der Waals surface area contributed by atoms with Crippen LogP contribution in [0.15, 0.2) is 30.3 Å². The fourth-order valence-electron chi connectivity index (χ4n) is 3.17. The van der Waals surface area contributed by atoms with Crippen molar-refractivity contribution >= 4 is 0 Å². The Morgan fingerprint density at radius 3 is 2.61 bits per heavy atom. The van der Waals surface area contributed by atoms with Crippen molar-refractivity contribution in [3.8, 4) is 11.1 Å². The quantitative estimate of drug-likeness (QED) is 0.600. The molecular formula is C18H22. The molecule has 94 valence electrons. The van der Waals surface area contributed by atoms with E-state index in [1.54, 1.807) is 11.1 Å². The Bertz CT molecular complexity index is 522. The molecule has 3 aliphatic carbocycles. The molecule has 0 saturated carbocycles. The van der Waals surface area contributed by atoms with Crippen molar-refractivity contribution in [1.82, 2.24) is 0 Å². The molecule has 0 spiro atoms. The van der Waals surface area contributed by atoms with Crippen LogP contribution in [0.1, 0.15) is 55.7 Å². The van der Waals surface area contributed by atoms with E-state index < -0.39 is 0 Å². The molecule has 0 aromatic heterocycles. The van der Waals surface area contributed by atoms with Crippen LogP contribution in [0.2, 0.25) is 0 Å². The Kier molecular flexibility index (Phi) is 3.11. The maximum atomic E-state index is 2.45. The van der Waals surface area contributed by atoms with Crippen LogP contribution < -0.4 is 0 Å². The van der Waals surface area contributed by atoms with Crippen molar-refractivity contribution in [1.29, 1.82) is 0 Å². The maximum absolute atomic E-state index is 2.45. The molecule has 18 heavy (non-hydrogen) atoms. The summed E-state index contributed by atoms with van der Waals surface area (Å²) in [5.41, 5.74) is 7.65. The number of fused-ring (bicyclic) bond motifs is 3. The second-order valence-corrected chi connectivity index (χ2v) is 5.90. The monoisotopic (exact) mass is 238 g/mol. The summed E-state index contributed by atoms with van der Waals surface area (Å²) < 4.78 is 0. The first-order chi connectivity index (χ1) is 8.75. The van der Waals surface area contributed by atoms with Gasteiger partial charge in [0.2, 0.25) is 0 Å². The molecule has 0 heterocycles. The van der Waals surface area contributed by atoms with E-state index in [1.165, 1.54) is 48.8 Å². The molecule has 0 radical (unpaired) electrons. The highest BCUT2D eigenvalue weighted by Crippen LogP contribution is 2.36. The zero-order valence-electron chi connectivity index (χ0n) is 11.5. The molecule has 0 aromatic rings. The van der Waals surface area contributed by atoms with Crippen LogP contribution in [-0.4, -0.2) is 0 Å². The van der Waals surface area contributed by atoms with Gasteiger partial charge in [0.1, 0.15) is 0 Å². The summed E-state index contributed by atoms with van der Waals surface area (Å²) in [5.74, 6) is 0.607. The first-order valence-electron chi connectivity index (χ1n) is 7.30. The van der Waals surface area contributed by atoms with E-state index in [-0.39, 0.29) is 0 Å². The molecule has 0 aliphatic heterocycles. The molecule has 0 aromatic carbocycles. The highest BCUT2D eigenvalue weighted by Gasteiger charge is 2.17. The van der Waals surface area contributed by atoms with Gasteiger partial charge in [-0.1, -0.05) is 50.6 Å². The minimum absolute atomic E-state index is 0.607. The SMILES string of the molecule is CC(C)c1cccc2c3c(cc-2c1)CCCCC3. The fraction of sp³-hybridized carbons (Fsp3) is 0.444. The van der Waals surface area contributed by atoms with E-state index in [0.717, 1.165) is 0 Å². The summed E-state index contributed by atoms with van der Waals surface area (Å²) in [6, 6.07) is 11.7. The molecule has 0 N–H and O–H groups in total. The zero-order chi connectivity index (χ0) is 12.5. The van der Waals surface area contributed by atoms with Crippen LogP contribution in [0.25, 0.3) is 11.1 Å². The van der Waals surface area contributed by atoms with Gasteiger partial charge >= 0.3 is 0 Å². The van der Waals surface area contributed by atoms with Crippen molar-refractivity contribution in [2.24, 2.45) is 0 Å². The van der Waals surface area contributed by atoms with Gasteiger partial charge in [-0.2, -0.15) is 0 Å². The Hall–Kier alpha value is -1.30. The van der Waals surface area contributed by atoms with Gasteiger partial charge in [0, 0.05) is 0 Å². The van der Waals surface area contributed by atoms with Gasteiger partial charge in [-0.15, -0.1) is 0 Å². The number of rotatable bonds is 1. The topological polar surface area (TPSA) is 0 Å². The Labute approximate surface area is 110 Å². The van der Waals surface area contributed by atoms with Crippen molar-refractivity contribution in [2.45, 2.75) is 51.9 Å². The molecule has 0 amide bonds. The summed E-state index contributed by atoms with van der Waals surface area (Å²) in [5, 5.41) is 0. The van der Waals surface area contributed by atoms with Gasteiger partial charge < -0.3 is 0 Å². The zero-order valence-corrected chi connectivity index (χ0v) is 11.5. The molecule has 0 nitrogen and oxygen atoms in total. The van der Waals surface area contributed by atoms with E-state index in [4.69, 9.17) is 0 Å². The Morgan fingerprint density at radius 1 is 0.944 bits per heavy atom. The summed E-state index contributed by atoms with van der Waals surface area (Å²) in [6.07, 6.45) is 6.69. The summed E-state index contributed by atoms with van der Waals surface area (Å²) in [4.78, 5) is 0. The van der Waals surface area contributed by atoms with Gasteiger partial charge in [0.15, 0.2) is 0 Å². The van der Waals surface area contributed by atoms with Crippen molar-refractivity contribution < 1.29 is 0 Å². The molecule has 3 rings (SSSR count). The lowest BCUT2D eigenvalue weighted by Crippen LogP contribution is -1.85. The van der Waals surface area contributed by atoms with Gasteiger partial charge in [-0.3, -0.25) is 0 Å². The van der Waals surface area contributed by atoms with Gasteiger partial charge in [0.05, 0.1) is 0 Å². The predicted octanol–water partition coefficient (Wildman–Crippen LogP) is 5.18. The molecule has 0 atom stereocenters. The third-order valence-corrected chi connectivity index (χ3v) is 4.27. The third kappa shape index (κ3) is 2.05. The lowest BCUT2D eigenvalue weighted by molar-refractivity contribution is 0.711. The predicted molar refractivity (Wildman–Crippen MR) is 78.4 cm³/mol. The van der Waals surface area contributed by atoms with E-state index in [2.05, 4.69) is 44.2 Å². The number of hydrogen-bond acceptors (Lipinski definition) is 0. The highest BCUT2D eigenvalue weighted by atomic mass is 14.2. The smallest absolute Gasteiger partial charge is 0.0149 e. The largest absolute Gasteiger partial charge is 0.0614 e. The van der Waals surface area contributed by atoms with E-state index >= 15 is 0 Å². The summed E-state index contributed by atoms with van der Waals surface area (Å²) >= 11 is 0. The summed E-state index contributed by atoms with van der Waals surface area (Å²) in [6.45, 7) is 4.55. The standard InChI is InChI=1S/C18H22/c1-13(2)14-8-6-10-18-16(11-14)12-15-7-4-3-5-9-17(15)18/h6,8,10-13H,3-5,7,9H2,1-2H3. The summed E-state index contributed by atoms with van der Waals surface area (Å²) in [7, 11) is 0. The molecule has 3 aliphatic rings. The van der Waals surface area contributed by atoms with Crippen LogP contribution in [0.3, 0.4) is 0 Å². The van der Waals surface area contributed by atoms with E-state index in [1.807, 2.05) is 0 Å². The average Bonchev–Trinajstić information content (AvgIpc) is 2.56. The molecule has 0 saturated heterocycles. The molecule has 0 heteroatoms. The Morgan fingerprint density at radius 2 is 1.78 bits per heavy atom. The van der Waals surface area contributed by atoms with Gasteiger partial charge in [-0.25, -0.2) is 0 Å². The second kappa shape index (κ2) is 4.76. The van der Waals surface area contributed by atoms with Crippen molar-refractivity contribution in [3.05, 3.63) is 47.0 Å². The molecule has 0 bridgehead atoms. The lowest BCUT2D eigenvalue weighted by atomic mass is 10.0. The fourth-order valence-corrected chi connectivity index (χ4v) is 3.17. The van der Waals surface area contributed by atoms with Crippen molar-refractivity contribution in [2.75, 3.05) is 0 Å². The number of hydrogen-bond donors (Lipinski definition) is 0. The van der Waals surface area contributed by atoms with Crippen LogP contribution in [0.5, 0.6) is 0 Å². The maximum Gasteiger partial charge on any atom is -0.0149 e. The first kappa shape index (κ1) is 11.8. The Balaban J connectivity index is 2.14. The van der Waals surface area contributed by atoms with Crippen molar-refractivity contribution in [3.63, 3.8) is 0 Å².